The summed E-state index contributed by atoms with van der Waals surface area (Å²) in [6.07, 6.45) is 2.71. The van der Waals surface area contributed by atoms with Crippen molar-refractivity contribution in [1.82, 2.24) is 15.1 Å². The Labute approximate surface area is 168 Å². The maximum atomic E-state index is 13.4. The molecule has 0 unspecified atom stereocenters. The molecule has 0 aliphatic heterocycles. The van der Waals surface area contributed by atoms with E-state index >= 15 is 0 Å². The van der Waals surface area contributed by atoms with Crippen molar-refractivity contribution in [2.24, 2.45) is 5.16 Å². The van der Waals surface area contributed by atoms with E-state index in [1.807, 2.05) is 13.0 Å². The third-order valence-corrected chi connectivity index (χ3v) is 3.94. The zero-order chi connectivity index (χ0) is 21.1. The van der Waals surface area contributed by atoms with E-state index < -0.39 is 12.6 Å². The Morgan fingerprint density at radius 3 is 2.72 bits per heavy atom. The number of hydrogen-bond acceptors (Lipinski definition) is 6. The van der Waals surface area contributed by atoms with E-state index in [0.29, 0.717) is 25.2 Å². The third kappa shape index (κ3) is 7.02. The van der Waals surface area contributed by atoms with E-state index in [9.17, 15) is 14.0 Å². The van der Waals surface area contributed by atoms with E-state index in [-0.39, 0.29) is 24.0 Å². The summed E-state index contributed by atoms with van der Waals surface area (Å²) in [5.41, 5.74) is 1.16. The van der Waals surface area contributed by atoms with E-state index in [0.717, 1.165) is 12.0 Å². The first-order valence-electron chi connectivity index (χ1n) is 9.44. The molecule has 0 spiro atoms. The zero-order valence-electron chi connectivity index (χ0n) is 16.6. The number of nitrogens with one attached hydrogen (secondary N) is 1. The van der Waals surface area contributed by atoms with Crippen molar-refractivity contribution in [2.75, 3.05) is 26.3 Å². The Bertz CT molecular complexity index is 824. The quantitative estimate of drug-likeness (QED) is 0.352. The average Bonchev–Trinajstić information content (AvgIpc) is 3.23. The second kappa shape index (κ2) is 11.6. The van der Waals surface area contributed by atoms with Gasteiger partial charge in [0.2, 0.25) is 6.61 Å². The number of esters is 1. The van der Waals surface area contributed by atoms with Crippen molar-refractivity contribution in [3.8, 4) is 0 Å². The first-order valence-corrected chi connectivity index (χ1v) is 9.44. The predicted octanol–water partition coefficient (Wildman–Crippen LogP) is 2.31. The number of H-pyrrole nitrogens is 1. The number of carbonyl (C=O) groups is 2. The molecule has 1 amide bonds. The standard InChI is InChI=1S/C20H25FN4O4/c1-3-11-25(12-9-15-6-5-7-16(21)13-15)20(27)19(17-8-10-22-23-17)24-29-14-18(26)28-4-2/h5-8,10,13H,3-4,9,11-12,14H2,1-2H3,(H,22,23). The average molecular weight is 404 g/mol. The minimum Gasteiger partial charge on any atom is -0.463 e. The lowest BCUT2D eigenvalue weighted by Gasteiger charge is -2.22. The molecule has 1 heterocycles. The number of rotatable bonds is 11. The van der Waals surface area contributed by atoms with Gasteiger partial charge in [0.05, 0.1) is 12.3 Å². The number of carbonyl (C=O) groups excluding carboxylic acids is 2. The molecule has 0 radical (unpaired) electrons. The monoisotopic (exact) mass is 404 g/mol. The molecule has 8 nitrogen and oxygen atoms in total. The summed E-state index contributed by atoms with van der Waals surface area (Å²) in [6, 6.07) is 7.85. The summed E-state index contributed by atoms with van der Waals surface area (Å²) in [7, 11) is 0. The number of halogens is 1. The lowest BCUT2D eigenvalue weighted by atomic mass is 10.1. The second-order valence-corrected chi connectivity index (χ2v) is 6.16. The van der Waals surface area contributed by atoms with Gasteiger partial charge in [-0.05, 0) is 43.5 Å². The highest BCUT2D eigenvalue weighted by atomic mass is 19.1. The van der Waals surface area contributed by atoms with Crippen molar-refractivity contribution in [2.45, 2.75) is 26.7 Å². The molecule has 1 N–H and O–H groups in total. The normalized spacial score (nSPS) is 11.2. The van der Waals surface area contributed by atoms with E-state index in [1.165, 1.54) is 18.3 Å². The van der Waals surface area contributed by atoms with Gasteiger partial charge in [0, 0.05) is 19.3 Å². The number of ether oxygens (including phenoxy) is 1. The molecule has 1 aromatic carbocycles. The van der Waals surface area contributed by atoms with Gasteiger partial charge in [0.25, 0.3) is 5.91 Å². The topological polar surface area (TPSA) is 96.9 Å². The van der Waals surface area contributed by atoms with Gasteiger partial charge in [0.15, 0.2) is 5.71 Å². The predicted molar refractivity (Wildman–Crippen MR) is 105 cm³/mol. The van der Waals surface area contributed by atoms with Crippen LogP contribution in [0.5, 0.6) is 0 Å². The van der Waals surface area contributed by atoms with Crippen LogP contribution >= 0.6 is 0 Å². The summed E-state index contributed by atoms with van der Waals surface area (Å²) < 4.78 is 18.2. The molecule has 1 aromatic heterocycles. The minimum absolute atomic E-state index is 0.000472. The second-order valence-electron chi connectivity index (χ2n) is 6.16. The van der Waals surface area contributed by atoms with Crippen LogP contribution in [0.1, 0.15) is 31.5 Å². The van der Waals surface area contributed by atoms with E-state index in [1.54, 1.807) is 24.0 Å². The van der Waals surface area contributed by atoms with Crippen LogP contribution in [0.2, 0.25) is 0 Å². The first kappa shape index (κ1) is 22.1. The molecule has 156 valence electrons. The van der Waals surface area contributed by atoms with Crippen molar-refractivity contribution in [1.29, 1.82) is 0 Å². The lowest BCUT2D eigenvalue weighted by Crippen LogP contribution is -2.39. The third-order valence-electron chi connectivity index (χ3n) is 3.94. The fraction of sp³-hybridized carbons (Fsp3) is 0.400. The van der Waals surface area contributed by atoms with Gasteiger partial charge >= 0.3 is 5.97 Å². The molecule has 0 saturated heterocycles. The molecule has 2 aromatic rings. The highest BCUT2D eigenvalue weighted by Gasteiger charge is 2.23. The van der Waals surface area contributed by atoms with Crippen molar-refractivity contribution in [3.63, 3.8) is 0 Å². The highest BCUT2D eigenvalue weighted by Crippen LogP contribution is 2.08. The maximum absolute atomic E-state index is 13.4. The fourth-order valence-electron chi connectivity index (χ4n) is 2.63. The fourth-order valence-corrected chi connectivity index (χ4v) is 2.63. The van der Waals surface area contributed by atoms with Gasteiger partial charge in [-0.15, -0.1) is 0 Å². The van der Waals surface area contributed by atoms with Gasteiger partial charge in [0.1, 0.15) is 5.82 Å². The van der Waals surface area contributed by atoms with Crippen LogP contribution in [0.4, 0.5) is 4.39 Å². The number of amides is 1. The largest absolute Gasteiger partial charge is 0.463 e. The first-order chi connectivity index (χ1) is 14.0. The van der Waals surface area contributed by atoms with Crippen molar-refractivity contribution >= 4 is 17.6 Å². The Balaban J connectivity index is 2.13. The number of oxime groups is 1. The summed E-state index contributed by atoms with van der Waals surface area (Å²) in [6.45, 7) is 4.31. The van der Waals surface area contributed by atoms with Crippen LogP contribution in [0.3, 0.4) is 0 Å². The molecule has 0 aliphatic carbocycles. The molecule has 9 heteroatoms. The smallest absolute Gasteiger partial charge is 0.347 e. The molecule has 0 aliphatic rings. The van der Waals surface area contributed by atoms with Crippen LogP contribution in [-0.2, 0) is 25.6 Å². The van der Waals surface area contributed by atoms with Crippen LogP contribution in [0, 0.1) is 5.82 Å². The Kier molecular flexibility index (Phi) is 8.81. The summed E-state index contributed by atoms with van der Waals surface area (Å²) in [5, 5.41) is 10.4. The van der Waals surface area contributed by atoms with Crippen LogP contribution < -0.4 is 0 Å². The van der Waals surface area contributed by atoms with E-state index in [2.05, 4.69) is 15.4 Å². The van der Waals surface area contributed by atoms with Crippen molar-refractivity contribution < 1.29 is 23.6 Å². The minimum atomic E-state index is -0.579. The van der Waals surface area contributed by atoms with Gasteiger partial charge in [-0.3, -0.25) is 9.89 Å². The zero-order valence-corrected chi connectivity index (χ0v) is 16.6. The Hall–Kier alpha value is -3.23. The van der Waals surface area contributed by atoms with Crippen LogP contribution in [0.15, 0.2) is 41.7 Å². The number of nitrogens with zero attached hydrogens (tertiary/aromatic N) is 3. The summed E-state index contributed by atoms with van der Waals surface area (Å²) in [4.78, 5) is 31.2. The van der Waals surface area contributed by atoms with Gasteiger partial charge < -0.3 is 14.5 Å². The number of aromatic amines is 1. The highest BCUT2D eigenvalue weighted by molar-refractivity contribution is 6.44. The number of aromatic nitrogens is 2. The molecule has 0 atom stereocenters. The molecule has 0 bridgehead atoms. The van der Waals surface area contributed by atoms with Gasteiger partial charge in [-0.1, -0.05) is 24.2 Å². The van der Waals surface area contributed by atoms with Crippen LogP contribution in [0.25, 0.3) is 0 Å². The molecule has 2 rings (SSSR count). The molecule has 29 heavy (non-hydrogen) atoms. The molecular formula is C20H25FN4O4. The SMILES string of the molecule is CCCN(CCc1cccc(F)c1)C(=O)C(=NOCC(=O)OCC)c1ccn[nH]1. The molecule has 0 fully saturated rings. The Morgan fingerprint density at radius 2 is 2.07 bits per heavy atom. The van der Waals surface area contributed by atoms with Crippen LogP contribution in [-0.4, -0.2) is 59.0 Å². The maximum Gasteiger partial charge on any atom is 0.347 e. The van der Waals surface area contributed by atoms with Crippen molar-refractivity contribution in [3.05, 3.63) is 53.6 Å². The molecule has 0 saturated carbocycles. The number of benzene rings is 1. The molecular weight excluding hydrogens is 379 g/mol. The van der Waals surface area contributed by atoms with Gasteiger partial charge in [-0.25, -0.2) is 9.18 Å². The Morgan fingerprint density at radius 1 is 1.24 bits per heavy atom. The van der Waals surface area contributed by atoms with E-state index in [4.69, 9.17) is 9.57 Å². The lowest BCUT2D eigenvalue weighted by molar-refractivity contribution is -0.148. The number of hydrogen-bond donors (Lipinski definition) is 1. The summed E-state index contributed by atoms with van der Waals surface area (Å²) >= 11 is 0. The summed E-state index contributed by atoms with van der Waals surface area (Å²) in [5.74, 6) is -1.27. The van der Waals surface area contributed by atoms with Gasteiger partial charge in [-0.2, -0.15) is 5.10 Å².